The van der Waals surface area contributed by atoms with Crippen molar-refractivity contribution < 1.29 is 14.3 Å². The van der Waals surface area contributed by atoms with Crippen LogP contribution in [0.25, 0.3) is 0 Å². The van der Waals surface area contributed by atoms with Gasteiger partial charge in [0.1, 0.15) is 11.3 Å². The molecule has 0 aliphatic carbocycles. The van der Waals surface area contributed by atoms with Crippen molar-refractivity contribution in [3.63, 3.8) is 0 Å². The molecule has 2 aromatic rings. The molecule has 2 aromatic carbocycles. The zero-order chi connectivity index (χ0) is 15.4. The summed E-state index contributed by atoms with van der Waals surface area (Å²) in [5.41, 5.74) is 6.49. The third-order valence-corrected chi connectivity index (χ3v) is 3.45. The molecule has 2 rings (SSSR count). The predicted octanol–water partition coefficient (Wildman–Crippen LogP) is 4.65. The molecule has 0 saturated carbocycles. The molecular formula is C15H13BrClNO3. The van der Waals surface area contributed by atoms with Gasteiger partial charge in [-0.15, -0.1) is 0 Å². The van der Waals surface area contributed by atoms with Gasteiger partial charge in [-0.1, -0.05) is 33.6 Å². The molecule has 21 heavy (non-hydrogen) atoms. The average Bonchev–Trinajstić information content (AvgIpc) is 2.45. The first-order chi connectivity index (χ1) is 10.0. The summed E-state index contributed by atoms with van der Waals surface area (Å²) in [4.78, 5) is 12.0. The van der Waals surface area contributed by atoms with Crippen LogP contribution in [0.4, 0.5) is 5.69 Å². The first-order valence-corrected chi connectivity index (χ1v) is 7.38. The summed E-state index contributed by atoms with van der Waals surface area (Å²) in [6.07, 6.45) is 0. The lowest BCUT2D eigenvalue weighted by molar-refractivity contribution is 0.0523. The molecule has 0 heterocycles. The molecule has 6 heteroatoms. The van der Waals surface area contributed by atoms with Crippen molar-refractivity contribution >= 4 is 39.2 Å². The quantitative estimate of drug-likeness (QED) is 0.628. The first-order valence-electron chi connectivity index (χ1n) is 6.21. The number of anilines is 1. The molecular weight excluding hydrogens is 358 g/mol. The molecule has 0 saturated heterocycles. The van der Waals surface area contributed by atoms with Crippen molar-refractivity contribution in [3.8, 4) is 11.5 Å². The first kappa shape index (κ1) is 15.7. The molecule has 4 nitrogen and oxygen atoms in total. The van der Waals surface area contributed by atoms with E-state index in [0.717, 1.165) is 4.47 Å². The van der Waals surface area contributed by atoms with Gasteiger partial charge < -0.3 is 15.2 Å². The minimum atomic E-state index is -0.495. The van der Waals surface area contributed by atoms with Gasteiger partial charge >= 0.3 is 5.97 Å². The van der Waals surface area contributed by atoms with Crippen molar-refractivity contribution in [2.75, 3.05) is 12.3 Å². The van der Waals surface area contributed by atoms with E-state index in [2.05, 4.69) is 15.9 Å². The summed E-state index contributed by atoms with van der Waals surface area (Å²) in [5.74, 6) is 0.136. The highest BCUT2D eigenvalue weighted by molar-refractivity contribution is 9.10. The standard InChI is InChI=1S/C15H13BrClNO3/c1-2-20-15(19)10-4-3-5-12(18)14(10)21-13-8-9(16)6-7-11(13)17/h3-8H,2,18H2,1H3. The molecule has 2 N–H and O–H groups in total. The fraction of sp³-hybridized carbons (Fsp3) is 0.133. The van der Waals surface area contributed by atoms with Gasteiger partial charge in [0.25, 0.3) is 0 Å². The van der Waals surface area contributed by atoms with Gasteiger partial charge in [-0.25, -0.2) is 4.79 Å². The third-order valence-electron chi connectivity index (χ3n) is 2.65. The Bertz CT molecular complexity index is 676. The number of para-hydroxylation sites is 1. The maximum Gasteiger partial charge on any atom is 0.342 e. The maximum absolute atomic E-state index is 12.0. The number of hydrogen-bond acceptors (Lipinski definition) is 4. The average molecular weight is 371 g/mol. The Morgan fingerprint density at radius 3 is 2.81 bits per heavy atom. The van der Waals surface area contributed by atoms with E-state index in [-0.39, 0.29) is 17.9 Å². The predicted molar refractivity (Wildman–Crippen MR) is 86.0 cm³/mol. The molecule has 110 valence electrons. The molecule has 0 atom stereocenters. The van der Waals surface area contributed by atoms with Crippen LogP contribution in [-0.2, 0) is 4.74 Å². The fourth-order valence-electron chi connectivity index (χ4n) is 1.70. The summed E-state index contributed by atoms with van der Waals surface area (Å²) < 4.78 is 11.5. The van der Waals surface area contributed by atoms with Crippen LogP contribution < -0.4 is 10.5 Å². The van der Waals surface area contributed by atoms with Crippen LogP contribution in [0.5, 0.6) is 11.5 Å². The van der Waals surface area contributed by atoms with Crippen molar-refractivity contribution in [1.82, 2.24) is 0 Å². The topological polar surface area (TPSA) is 61.5 Å². The van der Waals surface area contributed by atoms with Gasteiger partial charge in [-0.3, -0.25) is 0 Å². The highest BCUT2D eigenvalue weighted by atomic mass is 79.9. The van der Waals surface area contributed by atoms with E-state index in [1.807, 2.05) is 0 Å². The van der Waals surface area contributed by atoms with E-state index in [1.54, 1.807) is 43.3 Å². The summed E-state index contributed by atoms with van der Waals surface area (Å²) in [6, 6.07) is 10.1. The van der Waals surface area contributed by atoms with E-state index in [9.17, 15) is 4.79 Å². The molecule has 0 aliphatic rings. The molecule has 0 unspecified atom stereocenters. The van der Waals surface area contributed by atoms with Gasteiger partial charge in [-0.2, -0.15) is 0 Å². The number of ether oxygens (including phenoxy) is 2. The molecule has 0 aromatic heterocycles. The number of nitrogens with two attached hydrogens (primary N) is 1. The molecule has 0 aliphatic heterocycles. The number of benzene rings is 2. The van der Waals surface area contributed by atoms with E-state index >= 15 is 0 Å². The Hall–Kier alpha value is -1.72. The van der Waals surface area contributed by atoms with Crippen molar-refractivity contribution in [1.29, 1.82) is 0 Å². The molecule has 0 bridgehead atoms. The number of carbonyl (C=O) groups excluding carboxylic acids is 1. The molecule has 0 radical (unpaired) electrons. The Labute approximate surface area is 135 Å². The van der Waals surface area contributed by atoms with Gasteiger partial charge in [0.15, 0.2) is 5.75 Å². The summed E-state index contributed by atoms with van der Waals surface area (Å²) in [5, 5.41) is 0.413. The Morgan fingerprint density at radius 2 is 2.10 bits per heavy atom. The number of esters is 1. The van der Waals surface area contributed by atoms with Crippen LogP contribution in [0, 0.1) is 0 Å². The zero-order valence-corrected chi connectivity index (χ0v) is 13.6. The second-order valence-electron chi connectivity index (χ2n) is 4.12. The van der Waals surface area contributed by atoms with E-state index in [4.69, 9.17) is 26.8 Å². The van der Waals surface area contributed by atoms with Crippen LogP contribution in [0.1, 0.15) is 17.3 Å². The number of hydrogen-bond donors (Lipinski definition) is 1. The van der Waals surface area contributed by atoms with Crippen molar-refractivity contribution in [3.05, 3.63) is 51.5 Å². The number of rotatable bonds is 4. The largest absolute Gasteiger partial charge is 0.462 e. The van der Waals surface area contributed by atoms with Crippen LogP contribution >= 0.6 is 27.5 Å². The zero-order valence-electron chi connectivity index (χ0n) is 11.2. The Kier molecular flexibility index (Phi) is 5.09. The smallest absolute Gasteiger partial charge is 0.342 e. The molecule has 0 amide bonds. The second kappa shape index (κ2) is 6.83. The van der Waals surface area contributed by atoms with E-state index < -0.39 is 5.97 Å². The van der Waals surface area contributed by atoms with Crippen LogP contribution in [-0.4, -0.2) is 12.6 Å². The van der Waals surface area contributed by atoms with E-state index in [0.29, 0.717) is 16.5 Å². The summed E-state index contributed by atoms with van der Waals surface area (Å²) >= 11 is 9.43. The monoisotopic (exact) mass is 369 g/mol. The van der Waals surface area contributed by atoms with E-state index in [1.165, 1.54) is 0 Å². The van der Waals surface area contributed by atoms with Crippen LogP contribution in [0.2, 0.25) is 5.02 Å². The van der Waals surface area contributed by atoms with Crippen LogP contribution in [0.15, 0.2) is 40.9 Å². The number of carbonyl (C=O) groups is 1. The van der Waals surface area contributed by atoms with Crippen molar-refractivity contribution in [2.45, 2.75) is 6.92 Å². The summed E-state index contributed by atoms with van der Waals surface area (Å²) in [6.45, 7) is 2.00. The summed E-state index contributed by atoms with van der Waals surface area (Å²) in [7, 11) is 0. The van der Waals surface area contributed by atoms with Gasteiger partial charge in [0.2, 0.25) is 0 Å². The Morgan fingerprint density at radius 1 is 1.33 bits per heavy atom. The maximum atomic E-state index is 12.0. The highest BCUT2D eigenvalue weighted by Crippen LogP contribution is 2.36. The lowest BCUT2D eigenvalue weighted by atomic mass is 10.1. The highest BCUT2D eigenvalue weighted by Gasteiger charge is 2.18. The SMILES string of the molecule is CCOC(=O)c1cccc(N)c1Oc1cc(Br)ccc1Cl. The normalized spacial score (nSPS) is 10.2. The minimum Gasteiger partial charge on any atom is -0.462 e. The van der Waals surface area contributed by atoms with Crippen LogP contribution in [0.3, 0.4) is 0 Å². The third kappa shape index (κ3) is 3.68. The lowest BCUT2D eigenvalue weighted by Gasteiger charge is -2.14. The molecule has 0 fully saturated rings. The minimum absolute atomic E-state index is 0.232. The lowest BCUT2D eigenvalue weighted by Crippen LogP contribution is -2.08. The number of nitrogen functional groups attached to an aromatic ring is 1. The Balaban J connectivity index is 2.43. The van der Waals surface area contributed by atoms with Gasteiger partial charge in [0, 0.05) is 4.47 Å². The second-order valence-corrected chi connectivity index (χ2v) is 5.44. The van der Waals surface area contributed by atoms with Gasteiger partial charge in [-0.05, 0) is 37.3 Å². The molecule has 0 spiro atoms. The van der Waals surface area contributed by atoms with Crippen molar-refractivity contribution in [2.24, 2.45) is 0 Å². The van der Waals surface area contributed by atoms with Gasteiger partial charge in [0.05, 0.1) is 17.3 Å². The fourth-order valence-corrected chi connectivity index (χ4v) is 2.20. The number of halogens is 2.